The van der Waals surface area contributed by atoms with Crippen LogP contribution < -0.4 is 10.1 Å². The molecule has 0 saturated heterocycles. The summed E-state index contributed by atoms with van der Waals surface area (Å²) in [6.45, 7) is 1.70. The molecule has 1 aliphatic carbocycles. The Hall–Kier alpha value is -2.86. The Labute approximate surface area is 173 Å². The highest BCUT2D eigenvalue weighted by Crippen LogP contribution is 2.38. The first-order valence-electron chi connectivity index (χ1n) is 9.76. The minimum absolute atomic E-state index is 0.290. The van der Waals surface area contributed by atoms with Crippen LogP contribution in [0.2, 0.25) is 0 Å². The maximum atomic E-state index is 12.8. The summed E-state index contributed by atoms with van der Waals surface area (Å²) in [4.78, 5) is 26.3. The first-order valence-corrected chi connectivity index (χ1v) is 10.6. The molecule has 29 heavy (non-hydrogen) atoms. The number of rotatable bonds is 5. The zero-order chi connectivity index (χ0) is 20.4. The Bertz CT molecular complexity index is 1070. The topological polar surface area (TPSA) is 64.6 Å². The van der Waals surface area contributed by atoms with E-state index in [1.165, 1.54) is 18.4 Å². The lowest BCUT2D eigenvalue weighted by molar-refractivity contribution is -0.122. The fourth-order valence-corrected chi connectivity index (χ4v) is 4.96. The molecule has 3 aromatic rings. The molecule has 2 aromatic carbocycles. The molecule has 0 bridgehead atoms. The first-order chi connectivity index (χ1) is 14.1. The average Bonchev–Trinajstić information content (AvgIpc) is 3.10. The molecule has 0 radical (unpaired) electrons. The Morgan fingerprint density at radius 3 is 2.62 bits per heavy atom. The number of esters is 1. The smallest absolute Gasteiger partial charge is 0.341 e. The number of ether oxygens (including phenoxy) is 2. The van der Waals surface area contributed by atoms with Crippen molar-refractivity contribution in [1.29, 1.82) is 0 Å². The Balaban J connectivity index is 1.52. The number of fused-ring (bicyclic) bond motifs is 2. The number of hydrogen-bond acceptors (Lipinski definition) is 5. The monoisotopic (exact) mass is 409 g/mol. The third kappa shape index (κ3) is 3.98. The molecule has 6 heteroatoms. The second-order valence-corrected chi connectivity index (χ2v) is 8.27. The molecular weight excluding hydrogens is 386 g/mol. The highest BCUT2D eigenvalue weighted by Gasteiger charge is 2.28. The molecule has 1 N–H and O–H groups in total. The molecule has 1 unspecified atom stereocenters. The van der Waals surface area contributed by atoms with E-state index in [2.05, 4.69) is 5.32 Å². The molecule has 0 spiro atoms. The number of carbonyl (C=O) groups excluding carboxylic acids is 2. The summed E-state index contributed by atoms with van der Waals surface area (Å²) >= 11 is 1.47. The average molecular weight is 410 g/mol. The maximum Gasteiger partial charge on any atom is 0.341 e. The minimum Gasteiger partial charge on any atom is -0.481 e. The summed E-state index contributed by atoms with van der Waals surface area (Å²) in [5.74, 6) is -0.0604. The van der Waals surface area contributed by atoms with Gasteiger partial charge < -0.3 is 14.8 Å². The van der Waals surface area contributed by atoms with E-state index in [1.807, 2.05) is 42.5 Å². The number of aryl methyl sites for hydroxylation is 1. The van der Waals surface area contributed by atoms with Gasteiger partial charge >= 0.3 is 5.97 Å². The molecule has 0 fully saturated rings. The quantitative estimate of drug-likeness (QED) is 0.604. The van der Waals surface area contributed by atoms with Crippen LogP contribution in [0.3, 0.4) is 0 Å². The van der Waals surface area contributed by atoms with E-state index in [4.69, 9.17) is 9.47 Å². The number of amides is 1. The van der Waals surface area contributed by atoms with Gasteiger partial charge in [-0.15, -0.1) is 11.3 Å². The van der Waals surface area contributed by atoms with Crippen LogP contribution in [0.4, 0.5) is 5.00 Å². The Morgan fingerprint density at radius 1 is 1.07 bits per heavy atom. The standard InChI is InChI=1S/C23H23NO4S/c1-14(28-17-12-11-15-7-3-4-8-16(15)13-17)21(25)24-22-20(23(26)27-2)18-9-5-6-10-19(18)29-22/h3-4,7-8,11-14H,5-6,9-10H2,1-2H3,(H,24,25). The normalized spacial score (nSPS) is 14.1. The van der Waals surface area contributed by atoms with Gasteiger partial charge in [-0.1, -0.05) is 30.3 Å². The van der Waals surface area contributed by atoms with Crippen LogP contribution in [0, 0.1) is 0 Å². The van der Waals surface area contributed by atoms with Gasteiger partial charge in [0.1, 0.15) is 10.8 Å². The van der Waals surface area contributed by atoms with Crippen LogP contribution in [0.25, 0.3) is 10.8 Å². The summed E-state index contributed by atoms with van der Waals surface area (Å²) in [5.41, 5.74) is 1.52. The fraction of sp³-hybridized carbons (Fsp3) is 0.304. The lowest BCUT2D eigenvalue weighted by atomic mass is 9.95. The minimum atomic E-state index is -0.708. The summed E-state index contributed by atoms with van der Waals surface area (Å²) < 4.78 is 10.8. The van der Waals surface area contributed by atoms with Gasteiger partial charge in [-0.2, -0.15) is 0 Å². The van der Waals surface area contributed by atoms with Crippen molar-refractivity contribution in [3.05, 3.63) is 58.5 Å². The number of nitrogens with one attached hydrogen (secondary N) is 1. The van der Waals surface area contributed by atoms with E-state index in [9.17, 15) is 9.59 Å². The van der Waals surface area contributed by atoms with E-state index in [0.717, 1.165) is 46.9 Å². The molecule has 4 rings (SSSR count). The molecule has 1 amide bonds. The van der Waals surface area contributed by atoms with Crippen molar-refractivity contribution in [3.63, 3.8) is 0 Å². The van der Waals surface area contributed by atoms with Crippen LogP contribution in [-0.2, 0) is 22.4 Å². The van der Waals surface area contributed by atoms with Gasteiger partial charge in [0.05, 0.1) is 12.7 Å². The number of methoxy groups -OCH3 is 1. The third-order valence-corrected chi connectivity index (χ3v) is 6.41. The van der Waals surface area contributed by atoms with Crippen molar-refractivity contribution in [2.24, 2.45) is 0 Å². The van der Waals surface area contributed by atoms with E-state index in [0.29, 0.717) is 16.3 Å². The van der Waals surface area contributed by atoms with Crippen molar-refractivity contribution >= 4 is 39.0 Å². The lowest BCUT2D eigenvalue weighted by Crippen LogP contribution is -2.30. The molecule has 1 heterocycles. The van der Waals surface area contributed by atoms with Crippen molar-refractivity contribution in [3.8, 4) is 5.75 Å². The van der Waals surface area contributed by atoms with Crippen LogP contribution in [0.1, 0.15) is 40.6 Å². The molecule has 1 atom stereocenters. The van der Waals surface area contributed by atoms with Crippen LogP contribution in [0.15, 0.2) is 42.5 Å². The number of thiophene rings is 1. The van der Waals surface area contributed by atoms with E-state index < -0.39 is 12.1 Å². The van der Waals surface area contributed by atoms with Gasteiger partial charge in [-0.05, 0) is 61.1 Å². The summed E-state index contributed by atoms with van der Waals surface area (Å²) in [6, 6.07) is 13.7. The Morgan fingerprint density at radius 2 is 1.83 bits per heavy atom. The Kier molecular flexibility index (Phi) is 5.53. The predicted molar refractivity (Wildman–Crippen MR) is 115 cm³/mol. The number of benzene rings is 2. The van der Waals surface area contributed by atoms with Gasteiger partial charge in [-0.25, -0.2) is 4.79 Å². The largest absolute Gasteiger partial charge is 0.481 e. The molecule has 1 aliphatic rings. The molecule has 0 saturated carbocycles. The zero-order valence-electron chi connectivity index (χ0n) is 16.5. The second-order valence-electron chi connectivity index (χ2n) is 7.16. The van der Waals surface area contributed by atoms with Gasteiger partial charge in [0.25, 0.3) is 5.91 Å². The predicted octanol–water partition coefficient (Wildman–Crippen LogP) is 4.97. The molecular formula is C23H23NO4S. The highest BCUT2D eigenvalue weighted by atomic mass is 32.1. The highest BCUT2D eigenvalue weighted by molar-refractivity contribution is 7.17. The van der Waals surface area contributed by atoms with Gasteiger partial charge in [0.2, 0.25) is 0 Å². The molecule has 5 nitrogen and oxygen atoms in total. The van der Waals surface area contributed by atoms with Crippen molar-refractivity contribution < 1.29 is 19.1 Å². The second kappa shape index (κ2) is 8.25. The lowest BCUT2D eigenvalue weighted by Gasteiger charge is -2.15. The number of anilines is 1. The van der Waals surface area contributed by atoms with Crippen LogP contribution in [0.5, 0.6) is 5.75 Å². The summed E-state index contributed by atoms with van der Waals surface area (Å²) in [6.07, 6.45) is 3.21. The van der Waals surface area contributed by atoms with E-state index in [1.54, 1.807) is 6.92 Å². The van der Waals surface area contributed by atoms with Crippen molar-refractivity contribution in [2.75, 3.05) is 12.4 Å². The summed E-state index contributed by atoms with van der Waals surface area (Å²) in [5, 5.41) is 5.62. The third-order valence-electron chi connectivity index (χ3n) is 5.20. The van der Waals surface area contributed by atoms with E-state index >= 15 is 0 Å². The van der Waals surface area contributed by atoms with Gasteiger partial charge in [-0.3, -0.25) is 4.79 Å². The zero-order valence-corrected chi connectivity index (χ0v) is 17.3. The van der Waals surface area contributed by atoms with Gasteiger partial charge in [0.15, 0.2) is 6.10 Å². The maximum absolute atomic E-state index is 12.8. The molecule has 150 valence electrons. The van der Waals surface area contributed by atoms with Crippen molar-refractivity contribution in [1.82, 2.24) is 0 Å². The fourth-order valence-electron chi connectivity index (χ4n) is 3.68. The SMILES string of the molecule is COC(=O)c1c(NC(=O)C(C)Oc2ccc3ccccc3c2)sc2c1CCCC2. The summed E-state index contributed by atoms with van der Waals surface area (Å²) in [7, 11) is 1.37. The molecule has 0 aliphatic heterocycles. The van der Waals surface area contributed by atoms with E-state index in [-0.39, 0.29) is 5.91 Å². The van der Waals surface area contributed by atoms with Crippen LogP contribution in [-0.4, -0.2) is 25.1 Å². The molecule has 1 aromatic heterocycles. The van der Waals surface area contributed by atoms with Crippen LogP contribution >= 0.6 is 11.3 Å². The first kappa shape index (κ1) is 19.5. The van der Waals surface area contributed by atoms with Gasteiger partial charge in [0, 0.05) is 4.88 Å². The number of carbonyl (C=O) groups is 2. The number of hydrogen-bond donors (Lipinski definition) is 1. The van der Waals surface area contributed by atoms with Crippen molar-refractivity contribution in [2.45, 2.75) is 38.7 Å².